The zero-order valence-corrected chi connectivity index (χ0v) is 16.8. The Kier molecular flexibility index (Phi) is 6.61. The minimum Gasteiger partial charge on any atom is -0.334 e. The maximum Gasteiger partial charge on any atom is 0.254 e. The summed E-state index contributed by atoms with van der Waals surface area (Å²) >= 11 is 0. The maximum absolute atomic E-state index is 12.9. The number of aromatic nitrogens is 3. The number of hydrogen-bond acceptors (Lipinski definition) is 4. The van der Waals surface area contributed by atoms with Gasteiger partial charge in [0.15, 0.2) is 5.82 Å². The Hall–Kier alpha value is -2.21. The molecule has 0 saturated carbocycles. The third-order valence-corrected chi connectivity index (χ3v) is 5.21. The number of carbonyl (C=O) groups is 1. The Morgan fingerprint density at radius 2 is 1.93 bits per heavy atom. The van der Waals surface area contributed by atoms with E-state index < -0.39 is 0 Å². The molecular weight excluding hydrogens is 338 g/mol. The lowest BCUT2D eigenvalue weighted by atomic mass is 10.1. The van der Waals surface area contributed by atoms with Crippen LogP contribution in [-0.2, 0) is 13.1 Å². The van der Waals surface area contributed by atoms with Gasteiger partial charge < -0.3 is 9.47 Å². The number of hydrogen-bond donors (Lipinski definition) is 0. The molecular formula is C21H31N5O. The van der Waals surface area contributed by atoms with Crippen LogP contribution in [0.25, 0.3) is 0 Å². The van der Waals surface area contributed by atoms with E-state index in [4.69, 9.17) is 0 Å². The Morgan fingerprint density at radius 1 is 1.19 bits per heavy atom. The van der Waals surface area contributed by atoms with Crippen molar-refractivity contribution in [3.05, 3.63) is 47.5 Å². The lowest BCUT2D eigenvalue weighted by Crippen LogP contribution is -2.28. The van der Waals surface area contributed by atoms with Crippen LogP contribution < -0.4 is 0 Å². The van der Waals surface area contributed by atoms with Crippen LogP contribution in [0.15, 0.2) is 30.6 Å². The molecule has 3 rings (SSSR count). The summed E-state index contributed by atoms with van der Waals surface area (Å²) in [5, 5.41) is 8.15. The molecule has 6 heteroatoms. The fourth-order valence-corrected chi connectivity index (χ4v) is 3.67. The van der Waals surface area contributed by atoms with Gasteiger partial charge in [-0.25, -0.2) is 0 Å². The highest BCUT2D eigenvalue weighted by molar-refractivity contribution is 5.94. The van der Waals surface area contributed by atoms with Crippen molar-refractivity contribution in [2.75, 3.05) is 20.1 Å². The molecule has 2 aromatic rings. The lowest BCUT2D eigenvalue weighted by molar-refractivity contribution is 0.0779. The van der Waals surface area contributed by atoms with Gasteiger partial charge in [0.1, 0.15) is 6.33 Å². The Bertz CT molecular complexity index is 747. The van der Waals surface area contributed by atoms with E-state index in [9.17, 15) is 4.79 Å². The molecule has 1 amide bonds. The van der Waals surface area contributed by atoms with Crippen molar-refractivity contribution < 1.29 is 4.79 Å². The highest BCUT2D eigenvalue weighted by Gasteiger charge is 2.17. The van der Waals surface area contributed by atoms with E-state index >= 15 is 0 Å². The number of amides is 1. The zero-order valence-electron chi connectivity index (χ0n) is 16.8. The van der Waals surface area contributed by atoms with Crippen molar-refractivity contribution in [3.63, 3.8) is 0 Å². The molecule has 0 radical (unpaired) electrons. The molecule has 1 saturated heterocycles. The average molecular weight is 370 g/mol. The number of rotatable bonds is 6. The normalized spacial score (nSPS) is 15.7. The Labute approximate surface area is 162 Å². The molecule has 0 aliphatic carbocycles. The molecule has 1 fully saturated rings. The average Bonchev–Trinajstić information content (AvgIpc) is 2.97. The topological polar surface area (TPSA) is 54.3 Å². The Morgan fingerprint density at radius 3 is 2.63 bits per heavy atom. The van der Waals surface area contributed by atoms with E-state index in [2.05, 4.69) is 35.0 Å². The van der Waals surface area contributed by atoms with E-state index in [-0.39, 0.29) is 11.9 Å². The zero-order chi connectivity index (χ0) is 19.2. The highest BCUT2D eigenvalue weighted by Crippen LogP contribution is 2.16. The van der Waals surface area contributed by atoms with Crippen LogP contribution in [0.3, 0.4) is 0 Å². The number of likely N-dealkylation sites (tertiary alicyclic amines) is 1. The third kappa shape index (κ3) is 5.16. The molecule has 1 aromatic heterocycles. The molecule has 2 heterocycles. The van der Waals surface area contributed by atoms with Gasteiger partial charge in [-0.2, -0.15) is 0 Å². The highest BCUT2D eigenvalue weighted by atomic mass is 16.2. The first-order valence-corrected chi connectivity index (χ1v) is 9.99. The second-order valence-corrected chi connectivity index (χ2v) is 7.80. The summed E-state index contributed by atoms with van der Waals surface area (Å²) in [6, 6.07) is 8.33. The van der Waals surface area contributed by atoms with Crippen LogP contribution in [-0.4, -0.2) is 50.6 Å². The van der Waals surface area contributed by atoms with Crippen molar-refractivity contribution in [2.24, 2.45) is 0 Å². The standard InChI is InChI=1S/C21H31N5O/c1-17(2)26-16-22-23-20(26)15-24(3)21(27)19-10-8-9-18(13-19)14-25-11-6-4-5-7-12-25/h8-10,13,16-17H,4-7,11-12,14-15H2,1-3H3. The van der Waals surface area contributed by atoms with Gasteiger partial charge in [-0.3, -0.25) is 9.69 Å². The van der Waals surface area contributed by atoms with Crippen molar-refractivity contribution in [3.8, 4) is 0 Å². The van der Waals surface area contributed by atoms with Gasteiger partial charge in [-0.15, -0.1) is 10.2 Å². The summed E-state index contributed by atoms with van der Waals surface area (Å²) in [4.78, 5) is 17.1. The van der Waals surface area contributed by atoms with Crippen LogP contribution in [0.2, 0.25) is 0 Å². The van der Waals surface area contributed by atoms with Crippen LogP contribution >= 0.6 is 0 Å². The first-order chi connectivity index (χ1) is 13.0. The predicted molar refractivity (Wildman–Crippen MR) is 106 cm³/mol. The first-order valence-electron chi connectivity index (χ1n) is 9.99. The molecule has 0 spiro atoms. The number of carbonyl (C=O) groups excluding carboxylic acids is 1. The van der Waals surface area contributed by atoms with Gasteiger partial charge in [-0.05, 0) is 57.5 Å². The smallest absolute Gasteiger partial charge is 0.254 e. The molecule has 0 unspecified atom stereocenters. The van der Waals surface area contributed by atoms with Gasteiger partial charge in [0, 0.05) is 25.2 Å². The van der Waals surface area contributed by atoms with E-state index in [1.54, 1.807) is 11.2 Å². The molecule has 0 atom stereocenters. The summed E-state index contributed by atoms with van der Waals surface area (Å²) in [6.07, 6.45) is 6.94. The monoisotopic (exact) mass is 369 g/mol. The molecule has 6 nitrogen and oxygen atoms in total. The Balaban J connectivity index is 1.66. The second-order valence-electron chi connectivity index (χ2n) is 7.80. The molecule has 1 aliphatic heterocycles. The van der Waals surface area contributed by atoms with E-state index in [0.29, 0.717) is 6.54 Å². The quantitative estimate of drug-likeness (QED) is 0.782. The predicted octanol–water partition coefficient (Wildman–Crippen LogP) is 3.51. The molecule has 0 N–H and O–H groups in total. The SMILES string of the molecule is CC(C)n1cnnc1CN(C)C(=O)c1cccc(CN2CCCCCC2)c1. The van der Waals surface area contributed by atoms with Crippen molar-refractivity contribution in [2.45, 2.75) is 58.7 Å². The molecule has 1 aliphatic rings. The first kappa shape index (κ1) is 19.5. The second kappa shape index (κ2) is 9.13. The fourth-order valence-electron chi connectivity index (χ4n) is 3.67. The van der Waals surface area contributed by atoms with E-state index in [1.165, 1.54) is 31.2 Å². The molecule has 1 aromatic carbocycles. The lowest BCUT2D eigenvalue weighted by Gasteiger charge is -2.21. The number of nitrogens with zero attached hydrogens (tertiary/aromatic N) is 5. The van der Waals surface area contributed by atoms with Crippen LogP contribution in [0, 0.1) is 0 Å². The minimum atomic E-state index is 0.0195. The summed E-state index contributed by atoms with van der Waals surface area (Å²) in [6.45, 7) is 7.85. The summed E-state index contributed by atoms with van der Waals surface area (Å²) < 4.78 is 2.00. The fraction of sp³-hybridized carbons (Fsp3) is 0.571. The van der Waals surface area contributed by atoms with Crippen LogP contribution in [0.5, 0.6) is 0 Å². The molecule has 27 heavy (non-hydrogen) atoms. The van der Waals surface area contributed by atoms with Gasteiger partial charge >= 0.3 is 0 Å². The van der Waals surface area contributed by atoms with Gasteiger partial charge in [0.2, 0.25) is 0 Å². The maximum atomic E-state index is 12.9. The van der Waals surface area contributed by atoms with Crippen molar-refractivity contribution in [1.82, 2.24) is 24.6 Å². The van der Waals surface area contributed by atoms with Gasteiger partial charge in [0.25, 0.3) is 5.91 Å². The van der Waals surface area contributed by atoms with E-state index in [1.807, 2.05) is 29.8 Å². The summed E-state index contributed by atoms with van der Waals surface area (Å²) in [5.41, 5.74) is 1.95. The van der Waals surface area contributed by atoms with E-state index in [0.717, 1.165) is 31.0 Å². The van der Waals surface area contributed by atoms with Crippen molar-refractivity contribution in [1.29, 1.82) is 0 Å². The summed E-state index contributed by atoms with van der Waals surface area (Å²) in [7, 11) is 1.82. The third-order valence-electron chi connectivity index (χ3n) is 5.21. The largest absolute Gasteiger partial charge is 0.334 e. The molecule has 146 valence electrons. The number of benzene rings is 1. The summed E-state index contributed by atoms with van der Waals surface area (Å²) in [5.74, 6) is 0.826. The van der Waals surface area contributed by atoms with Crippen LogP contribution in [0.1, 0.15) is 67.3 Å². The minimum absolute atomic E-state index is 0.0195. The molecule has 0 bridgehead atoms. The van der Waals surface area contributed by atoms with Gasteiger partial charge in [-0.1, -0.05) is 25.0 Å². The van der Waals surface area contributed by atoms with Crippen LogP contribution in [0.4, 0.5) is 0 Å². The van der Waals surface area contributed by atoms with Gasteiger partial charge in [0.05, 0.1) is 6.54 Å². The van der Waals surface area contributed by atoms with Crippen molar-refractivity contribution >= 4 is 5.91 Å².